The van der Waals surface area contributed by atoms with Crippen LogP contribution in [0.15, 0.2) is 47.0 Å². The minimum absolute atomic E-state index is 0.0716. The Morgan fingerprint density at radius 3 is 2.77 bits per heavy atom. The number of nitrogens with one attached hydrogen (secondary N) is 1. The van der Waals surface area contributed by atoms with Gasteiger partial charge in [0.15, 0.2) is 11.5 Å². The molecule has 0 spiro atoms. The van der Waals surface area contributed by atoms with Gasteiger partial charge in [-0.05, 0) is 56.5 Å². The molecule has 4 rings (SSSR count). The molecule has 0 radical (unpaired) electrons. The zero-order chi connectivity index (χ0) is 24.8. The summed E-state index contributed by atoms with van der Waals surface area (Å²) >= 11 is 0. The van der Waals surface area contributed by atoms with Crippen molar-refractivity contribution in [3.05, 3.63) is 59.5 Å². The first-order valence-electron chi connectivity index (χ1n) is 12.1. The number of hydrogen-bond donors (Lipinski definition) is 1. The highest BCUT2D eigenvalue weighted by Crippen LogP contribution is 2.31. The van der Waals surface area contributed by atoms with Crippen LogP contribution in [-0.2, 0) is 11.3 Å². The lowest BCUT2D eigenvalue weighted by atomic mass is 9.95. The summed E-state index contributed by atoms with van der Waals surface area (Å²) in [6, 6.07) is 13.7. The van der Waals surface area contributed by atoms with Gasteiger partial charge in [-0.25, -0.2) is 0 Å². The Balaban J connectivity index is 1.37. The topological polar surface area (TPSA) is 89.7 Å². The van der Waals surface area contributed by atoms with Crippen LogP contribution in [0.25, 0.3) is 11.4 Å². The quantitative estimate of drug-likeness (QED) is 0.483. The van der Waals surface area contributed by atoms with E-state index in [1.54, 1.807) is 14.2 Å². The maximum Gasteiger partial charge on any atom is 0.241 e. The van der Waals surface area contributed by atoms with Gasteiger partial charge in [0.25, 0.3) is 0 Å². The van der Waals surface area contributed by atoms with Crippen molar-refractivity contribution in [2.75, 3.05) is 27.3 Å². The summed E-state index contributed by atoms with van der Waals surface area (Å²) in [5, 5.41) is 7.39. The number of rotatable bonds is 9. The zero-order valence-electron chi connectivity index (χ0n) is 20.9. The number of piperidine rings is 1. The number of hydrogen-bond acceptors (Lipinski definition) is 7. The molecule has 8 heteroatoms. The highest BCUT2D eigenvalue weighted by Gasteiger charge is 2.28. The van der Waals surface area contributed by atoms with Crippen molar-refractivity contribution in [2.24, 2.45) is 5.92 Å². The molecule has 1 saturated heterocycles. The molecule has 0 saturated carbocycles. The first-order valence-corrected chi connectivity index (χ1v) is 12.1. The van der Waals surface area contributed by atoms with E-state index in [9.17, 15) is 4.79 Å². The fourth-order valence-corrected chi connectivity index (χ4v) is 4.61. The summed E-state index contributed by atoms with van der Waals surface area (Å²) in [5.74, 6) is 2.48. The van der Waals surface area contributed by atoms with Crippen LogP contribution in [0.4, 0.5) is 0 Å². The summed E-state index contributed by atoms with van der Waals surface area (Å²) in [6.45, 7) is 6.21. The smallest absolute Gasteiger partial charge is 0.241 e. The van der Waals surface area contributed by atoms with E-state index in [2.05, 4.69) is 27.3 Å². The van der Waals surface area contributed by atoms with E-state index in [1.807, 2.05) is 49.4 Å². The second kappa shape index (κ2) is 11.4. The molecule has 8 nitrogen and oxygen atoms in total. The van der Waals surface area contributed by atoms with E-state index in [4.69, 9.17) is 14.0 Å². The van der Waals surface area contributed by atoms with Crippen LogP contribution < -0.4 is 14.8 Å². The summed E-state index contributed by atoms with van der Waals surface area (Å²) in [7, 11) is 3.23. The molecule has 2 aromatic carbocycles. The van der Waals surface area contributed by atoms with Crippen molar-refractivity contribution < 1.29 is 18.8 Å². The maximum atomic E-state index is 13.2. The Kier molecular flexibility index (Phi) is 8.02. The standard InChI is InChI=1S/C27H34N4O4/c1-5-22(19-11-12-23(33-3)24(15-19)34-4)28-27(32)21-10-7-13-31(16-21)17-25-29-26(30-35-25)20-9-6-8-18(2)14-20/h6,8-9,11-12,14-15,21-22H,5,7,10,13,16-17H2,1-4H3,(H,28,32). The summed E-state index contributed by atoms with van der Waals surface area (Å²) in [5.41, 5.74) is 3.09. The van der Waals surface area contributed by atoms with Gasteiger partial charge in [-0.3, -0.25) is 9.69 Å². The average Bonchev–Trinajstić information content (AvgIpc) is 3.35. The molecule has 35 heavy (non-hydrogen) atoms. The first kappa shape index (κ1) is 24.7. The number of aromatic nitrogens is 2. The monoisotopic (exact) mass is 478 g/mol. The molecular weight excluding hydrogens is 444 g/mol. The van der Waals surface area contributed by atoms with Crippen molar-refractivity contribution >= 4 is 5.91 Å². The van der Waals surface area contributed by atoms with E-state index in [0.29, 0.717) is 36.3 Å². The molecule has 2 atom stereocenters. The molecule has 2 heterocycles. The van der Waals surface area contributed by atoms with Gasteiger partial charge in [0, 0.05) is 12.1 Å². The molecule has 1 amide bonds. The van der Waals surface area contributed by atoms with Gasteiger partial charge in [-0.1, -0.05) is 41.9 Å². The number of amides is 1. The van der Waals surface area contributed by atoms with Crippen LogP contribution in [0, 0.1) is 12.8 Å². The van der Waals surface area contributed by atoms with Crippen molar-refractivity contribution in [3.8, 4) is 22.9 Å². The van der Waals surface area contributed by atoms with Crippen molar-refractivity contribution in [1.82, 2.24) is 20.4 Å². The molecule has 186 valence electrons. The Morgan fingerprint density at radius 1 is 1.20 bits per heavy atom. The third-order valence-corrected chi connectivity index (χ3v) is 6.51. The summed E-state index contributed by atoms with van der Waals surface area (Å²) in [6.07, 6.45) is 2.59. The van der Waals surface area contributed by atoms with Crippen LogP contribution >= 0.6 is 0 Å². The van der Waals surface area contributed by atoms with E-state index < -0.39 is 0 Å². The van der Waals surface area contributed by atoms with E-state index in [0.717, 1.165) is 42.5 Å². The van der Waals surface area contributed by atoms with Gasteiger partial charge >= 0.3 is 0 Å². The highest BCUT2D eigenvalue weighted by molar-refractivity contribution is 5.79. The SMILES string of the molecule is CCC(NC(=O)C1CCCN(Cc2nc(-c3cccc(C)c3)no2)C1)c1ccc(OC)c(OC)c1. The molecule has 1 N–H and O–H groups in total. The minimum Gasteiger partial charge on any atom is -0.493 e. The summed E-state index contributed by atoms with van der Waals surface area (Å²) < 4.78 is 16.3. The second-order valence-corrected chi connectivity index (χ2v) is 9.04. The van der Waals surface area contributed by atoms with Crippen LogP contribution in [-0.4, -0.2) is 48.3 Å². The van der Waals surface area contributed by atoms with E-state index >= 15 is 0 Å². The largest absolute Gasteiger partial charge is 0.493 e. The number of benzene rings is 2. The second-order valence-electron chi connectivity index (χ2n) is 9.04. The maximum absolute atomic E-state index is 13.2. The van der Waals surface area contributed by atoms with Crippen molar-refractivity contribution in [1.29, 1.82) is 0 Å². The molecule has 2 unspecified atom stereocenters. The Morgan fingerprint density at radius 2 is 2.03 bits per heavy atom. The van der Waals surface area contributed by atoms with Crippen LogP contribution in [0.1, 0.15) is 49.2 Å². The zero-order valence-corrected chi connectivity index (χ0v) is 20.9. The molecular formula is C27H34N4O4. The number of carbonyl (C=O) groups excluding carboxylic acids is 1. The molecule has 1 aliphatic heterocycles. The summed E-state index contributed by atoms with van der Waals surface area (Å²) in [4.78, 5) is 20.0. The van der Waals surface area contributed by atoms with E-state index in [-0.39, 0.29) is 17.9 Å². The van der Waals surface area contributed by atoms with Crippen LogP contribution in [0.5, 0.6) is 11.5 Å². The van der Waals surface area contributed by atoms with Gasteiger partial charge in [-0.15, -0.1) is 0 Å². The predicted octanol–water partition coefficient (Wildman–Crippen LogP) is 4.54. The highest BCUT2D eigenvalue weighted by atomic mass is 16.5. The molecule has 1 aromatic heterocycles. The number of carbonyl (C=O) groups is 1. The lowest BCUT2D eigenvalue weighted by molar-refractivity contribution is -0.127. The van der Waals surface area contributed by atoms with Crippen molar-refractivity contribution in [3.63, 3.8) is 0 Å². The Hall–Kier alpha value is -3.39. The number of nitrogens with zero attached hydrogens (tertiary/aromatic N) is 3. The predicted molar refractivity (Wildman–Crippen MR) is 133 cm³/mol. The number of methoxy groups -OCH3 is 2. The van der Waals surface area contributed by atoms with Gasteiger partial charge in [-0.2, -0.15) is 4.98 Å². The van der Waals surface area contributed by atoms with Gasteiger partial charge in [0.1, 0.15) is 0 Å². The average molecular weight is 479 g/mol. The Labute approximate surface area is 206 Å². The molecule has 1 fully saturated rings. The normalized spacial score (nSPS) is 17.1. The number of ether oxygens (including phenoxy) is 2. The third kappa shape index (κ3) is 6.00. The molecule has 3 aromatic rings. The third-order valence-electron chi connectivity index (χ3n) is 6.51. The number of aryl methyl sites for hydroxylation is 1. The fraction of sp³-hybridized carbons (Fsp3) is 0.444. The fourth-order valence-electron chi connectivity index (χ4n) is 4.61. The van der Waals surface area contributed by atoms with Crippen LogP contribution in [0.2, 0.25) is 0 Å². The number of likely N-dealkylation sites (tertiary alicyclic amines) is 1. The lowest BCUT2D eigenvalue weighted by Gasteiger charge is -2.32. The van der Waals surface area contributed by atoms with Crippen LogP contribution in [0.3, 0.4) is 0 Å². The molecule has 0 aliphatic carbocycles. The lowest BCUT2D eigenvalue weighted by Crippen LogP contribution is -2.43. The van der Waals surface area contributed by atoms with Crippen molar-refractivity contribution in [2.45, 2.75) is 45.7 Å². The van der Waals surface area contributed by atoms with Gasteiger partial charge in [0.2, 0.25) is 17.6 Å². The van der Waals surface area contributed by atoms with Gasteiger partial charge < -0.3 is 19.3 Å². The minimum atomic E-state index is -0.0921. The van der Waals surface area contributed by atoms with Gasteiger partial charge in [0.05, 0.1) is 32.7 Å². The molecule has 0 bridgehead atoms. The first-order chi connectivity index (χ1) is 17.0. The van der Waals surface area contributed by atoms with E-state index in [1.165, 1.54) is 0 Å². The Bertz CT molecular complexity index is 1150. The molecule has 1 aliphatic rings.